The molecule has 1 heterocycles. The van der Waals surface area contributed by atoms with Crippen molar-refractivity contribution < 1.29 is 13.9 Å². The normalized spacial score (nSPS) is 20.5. The molecule has 19 heavy (non-hydrogen) atoms. The number of hydrogen-bond acceptors (Lipinski definition) is 4. The second-order valence-electron chi connectivity index (χ2n) is 5.00. The molecule has 0 bridgehead atoms. The topological polar surface area (TPSA) is 56.5 Å². The summed E-state index contributed by atoms with van der Waals surface area (Å²) in [6, 6.07) is 5.17. The second-order valence-corrected chi connectivity index (χ2v) is 5.00. The SMILES string of the molecule is COc1ccc(CC(CC2CCOC2)NN)cc1F. The van der Waals surface area contributed by atoms with Gasteiger partial charge in [0.1, 0.15) is 0 Å². The van der Waals surface area contributed by atoms with E-state index in [2.05, 4.69) is 5.43 Å². The predicted octanol–water partition coefficient (Wildman–Crippen LogP) is 1.64. The van der Waals surface area contributed by atoms with Gasteiger partial charge in [0, 0.05) is 19.3 Å². The van der Waals surface area contributed by atoms with E-state index >= 15 is 0 Å². The number of nitrogens with one attached hydrogen (secondary N) is 1. The van der Waals surface area contributed by atoms with Crippen molar-refractivity contribution in [2.45, 2.75) is 25.3 Å². The number of rotatable bonds is 6. The lowest BCUT2D eigenvalue weighted by Crippen LogP contribution is -2.38. The number of methoxy groups -OCH3 is 1. The van der Waals surface area contributed by atoms with Crippen LogP contribution in [-0.2, 0) is 11.2 Å². The van der Waals surface area contributed by atoms with Gasteiger partial charge >= 0.3 is 0 Å². The lowest BCUT2D eigenvalue weighted by molar-refractivity contribution is 0.181. The van der Waals surface area contributed by atoms with Gasteiger partial charge in [-0.15, -0.1) is 0 Å². The standard InChI is InChI=1S/C14H21FN2O2/c1-18-14-3-2-10(8-13(14)15)6-12(17-16)7-11-4-5-19-9-11/h2-3,8,11-12,17H,4-7,9,16H2,1H3. The number of hydrazine groups is 1. The Kier molecular flexibility index (Phi) is 5.13. The minimum atomic E-state index is -0.333. The average molecular weight is 268 g/mol. The Morgan fingerprint density at radius 3 is 3.00 bits per heavy atom. The average Bonchev–Trinajstić information content (AvgIpc) is 2.91. The molecule has 2 rings (SSSR count). The van der Waals surface area contributed by atoms with Crippen LogP contribution in [0.25, 0.3) is 0 Å². The lowest BCUT2D eigenvalue weighted by atomic mass is 9.95. The van der Waals surface area contributed by atoms with E-state index in [9.17, 15) is 4.39 Å². The van der Waals surface area contributed by atoms with Crippen molar-refractivity contribution in [2.24, 2.45) is 11.8 Å². The zero-order valence-electron chi connectivity index (χ0n) is 11.2. The molecule has 0 amide bonds. The van der Waals surface area contributed by atoms with Gasteiger partial charge in [-0.05, 0) is 42.9 Å². The van der Waals surface area contributed by atoms with Gasteiger partial charge < -0.3 is 9.47 Å². The third kappa shape index (κ3) is 3.89. The third-order valence-electron chi connectivity index (χ3n) is 3.58. The molecule has 5 heteroatoms. The van der Waals surface area contributed by atoms with Gasteiger partial charge in [0.05, 0.1) is 7.11 Å². The molecule has 1 aliphatic heterocycles. The van der Waals surface area contributed by atoms with E-state index in [1.807, 2.05) is 6.07 Å². The quantitative estimate of drug-likeness (QED) is 0.608. The minimum Gasteiger partial charge on any atom is -0.494 e. The monoisotopic (exact) mass is 268 g/mol. The summed E-state index contributed by atoms with van der Waals surface area (Å²) in [6.45, 7) is 1.63. The van der Waals surface area contributed by atoms with Crippen molar-refractivity contribution >= 4 is 0 Å². The molecule has 4 nitrogen and oxygen atoms in total. The molecule has 0 spiro atoms. The summed E-state index contributed by atoms with van der Waals surface area (Å²) in [5, 5.41) is 0. The zero-order valence-corrected chi connectivity index (χ0v) is 11.2. The lowest BCUT2D eigenvalue weighted by Gasteiger charge is -2.19. The summed E-state index contributed by atoms with van der Waals surface area (Å²) in [7, 11) is 1.46. The maximum Gasteiger partial charge on any atom is 0.165 e. The summed E-state index contributed by atoms with van der Waals surface area (Å²) in [5.74, 6) is 6.06. The molecule has 1 aliphatic rings. The largest absolute Gasteiger partial charge is 0.494 e. The fraction of sp³-hybridized carbons (Fsp3) is 0.571. The van der Waals surface area contributed by atoms with Crippen molar-refractivity contribution in [1.29, 1.82) is 0 Å². The van der Waals surface area contributed by atoms with E-state index in [0.29, 0.717) is 12.3 Å². The van der Waals surface area contributed by atoms with E-state index < -0.39 is 0 Å². The van der Waals surface area contributed by atoms with Crippen molar-refractivity contribution in [3.63, 3.8) is 0 Å². The van der Waals surface area contributed by atoms with Gasteiger partial charge in [0.2, 0.25) is 0 Å². The maximum absolute atomic E-state index is 13.6. The highest BCUT2D eigenvalue weighted by Crippen LogP contribution is 2.22. The molecule has 1 aromatic rings. The molecule has 2 atom stereocenters. The van der Waals surface area contributed by atoms with Crippen LogP contribution in [0.3, 0.4) is 0 Å². The molecular weight excluding hydrogens is 247 g/mol. The Hall–Kier alpha value is -1.17. The van der Waals surface area contributed by atoms with Gasteiger partial charge in [0.15, 0.2) is 11.6 Å². The van der Waals surface area contributed by atoms with E-state index in [4.69, 9.17) is 15.3 Å². The second kappa shape index (κ2) is 6.84. The number of benzene rings is 1. The predicted molar refractivity (Wildman–Crippen MR) is 71.3 cm³/mol. The minimum absolute atomic E-state index is 0.138. The van der Waals surface area contributed by atoms with E-state index in [1.54, 1.807) is 6.07 Å². The van der Waals surface area contributed by atoms with E-state index in [0.717, 1.165) is 31.6 Å². The number of ether oxygens (including phenoxy) is 2. The van der Waals surface area contributed by atoms with Crippen molar-refractivity contribution in [3.05, 3.63) is 29.6 Å². The highest BCUT2D eigenvalue weighted by molar-refractivity contribution is 5.29. The van der Waals surface area contributed by atoms with Crippen molar-refractivity contribution in [1.82, 2.24) is 5.43 Å². The number of nitrogens with two attached hydrogens (primary N) is 1. The molecule has 2 unspecified atom stereocenters. The Labute approximate surface area is 113 Å². The number of hydrogen-bond donors (Lipinski definition) is 2. The Balaban J connectivity index is 1.95. The molecule has 1 saturated heterocycles. The molecule has 0 radical (unpaired) electrons. The van der Waals surface area contributed by atoms with Crippen molar-refractivity contribution in [3.8, 4) is 5.75 Å². The van der Waals surface area contributed by atoms with Gasteiger partial charge in [-0.25, -0.2) is 4.39 Å². The Bertz CT molecular complexity index is 408. The first-order valence-electron chi connectivity index (χ1n) is 6.59. The first-order chi connectivity index (χ1) is 9.22. The Morgan fingerprint density at radius 1 is 1.58 bits per heavy atom. The van der Waals surface area contributed by atoms with E-state index in [-0.39, 0.29) is 17.6 Å². The molecule has 106 valence electrons. The molecule has 0 aromatic heterocycles. The molecule has 1 aromatic carbocycles. The van der Waals surface area contributed by atoms with Crippen LogP contribution >= 0.6 is 0 Å². The van der Waals surface area contributed by atoms with Crippen LogP contribution in [-0.4, -0.2) is 26.4 Å². The third-order valence-corrected chi connectivity index (χ3v) is 3.58. The van der Waals surface area contributed by atoms with Crippen LogP contribution < -0.4 is 16.0 Å². The van der Waals surface area contributed by atoms with Gasteiger partial charge in [-0.1, -0.05) is 6.07 Å². The first-order valence-corrected chi connectivity index (χ1v) is 6.59. The zero-order chi connectivity index (χ0) is 13.7. The molecule has 1 fully saturated rings. The van der Waals surface area contributed by atoms with Crippen LogP contribution in [0.4, 0.5) is 4.39 Å². The summed E-state index contributed by atoms with van der Waals surface area (Å²) >= 11 is 0. The summed E-state index contributed by atoms with van der Waals surface area (Å²) in [4.78, 5) is 0. The maximum atomic E-state index is 13.6. The molecule has 0 saturated carbocycles. The van der Waals surface area contributed by atoms with E-state index in [1.165, 1.54) is 13.2 Å². The van der Waals surface area contributed by atoms with Crippen LogP contribution in [0, 0.1) is 11.7 Å². The Morgan fingerprint density at radius 2 is 2.42 bits per heavy atom. The van der Waals surface area contributed by atoms with Gasteiger partial charge in [-0.3, -0.25) is 11.3 Å². The van der Waals surface area contributed by atoms with Gasteiger partial charge in [-0.2, -0.15) is 0 Å². The highest BCUT2D eigenvalue weighted by Gasteiger charge is 2.20. The molecule has 0 aliphatic carbocycles. The molecule has 3 N–H and O–H groups in total. The van der Waals surface area contributed by atoms with Crippen molar-refractivity contribution in [2.75, 3.05) is 20.3 Å². The summed E-state index contributed by atoms with van der Waals surface area (Å²) < 4.78 is 23.9. The highest BCUT2D eigenvalue weighted by atomic mass is 19.1. The first kappa shape index (κ1) is 14.2. The van der Waals surface area contributed by atoms with Crippen LogP contribution in [0.5, 0.6) is 5.75 Å². The smallest absolute Gasteiger partial charge is 0.165 e. The molecular formula is C14H21FN2O2. The summed E-state index contributed by atoms with van der Waals surface area (Å²) in [5.41, 5.74) is 3.73. The van der Waals surface area contributed by atoms with Crippen LogP contribution in [0.2, 0.25) is 0 Å². The fourth-order valence-electron chi connectivity index (χ4n) is 2.50. The summed E-state index contributed by atoms with van der Waals surface area (Å²) in [6.07, 6.45) is 2.73. The van der Waals surface area contributed by atoms with Crippen LogP contribution in [0.15, 0.2) is 18.2 Å². The van der Waals surface area contributed by atoms with Gasteiger partial charge in [0.25, 0.3) is 0 Å². The number of halogens is 1. The fourth-order valence-corrected chi connectivity index (χ4v) is 2.50. The van der Waals surface area contributed by atoms with Crippen LogP contribution in [0.1, 0.15) is 18.4 Å².